The van der Waals surface area contributed by atoms with E-state index in [1.807, 2.05) is 0 Å². The molecule has 2 atom stereocenters. The molecule has 0 radical (unpaired) electrons. The van der Waals surface area contributed by atoms with Crippen LogP contribution in [0.3, 0.4) is 0 Å². The van der Waals surface area contributed by atoms with Gasteiger partial charge in [-0.3, -0.25) is 4.79 Å². The van der Waals surface area contributed by atoms with Gasteiger partial charge in [0.2, 0.25) is 0 Å². The third-order valence-electron chi connectivity index (χ3n) is 3.68. The number of halogens is 1. The van der Waals surface area contributed by atoms with E-state index in [1.54, 1.807) is 13.0 Å². The fourth-order valence-electron chi connectivity index (χ4n) is 2.70. The topological polar surface area (TPSA) is 57.5 Å². The van der Waals surface area contributed by atoms with Crippen molar-refractivity contribution < 1.29 is 19.4 Å². The number of benzene rings is 1. The predicted molar refractivity (Wildman–Crippen MR) is 60.3 cm³/mol. The van der Waals surface area contributed by atoms with Crippen molar-refractivity contribution in [1.82, 2.24) is 0 Å². The molecule has 2 rings (SSSR count). The first-order valence-corrected chi connectivity index (χ1v) is 5.64. The van der Waals surface area contributed by atoms with Gasteiger partial charge < -0.3 is 10.2 Å². The van der Waals surface area contributed by atoms with Crippen LogP contribution in [-0.2, 0) is 10.2 Å². The van der Waals surface area contributed by atoms with Gasteiger partial charge in [-0.2, -0.15) is 0 Å². The number of hydrogen-bond acceptors (Lipinski definition) is 2. The summed E-state index contributed by atoms with van der Waals surface area (Å²) in [4.78, 5) is 11.5. The van der Waals surface area contributed by atoms with Gasteiger partial charge in [0.05, 0.1) is 11.5 Å². The zero-order valence-electron chi connectivity index (χ0n) is 9.61. The third-order valence-corrected chi connectivity index (χ3v) is 3.68. The van der Waals surface area contributed by atoms with Crippen molar-refractivity contribution in [3.63, 3.8) is 0 Å². The van der Waals surface area contributed by atoms with Crippen molar-refractivity contribution in [1.29, 1.82) is 0 Å². The number of carboxylic acids is 1. The van der Waals surface area contributed by atoms with Gasteiger partial charge in [0.1, 0.15) is 5.82 Å². The van der Waals surface area contributed by atoms with Crippen molar-refractivity contribution >= 4 is 5.97 Å². The summed E-state index contributed by atoms with van der Waals surface area (Å²) in [7, 11) is 0. The lowest BCUT2D eigenvalue weighted by Gasteiger charge is -2.26. The fraction of sp³-hybridized carbons (Fsp3) is 0.462. The van der Waals surface area contributed by atoms with E-state index in [2.05, 4.69) is 0 Å². The first-order valence-electron chi connectivity index (χ1n) is 5.64. The molecule has 3 nitrogen and oxygen atoms in total. The van der Waals surface area contributed by atoms with Crippen LogP contribution in [0.4, 0.5) is 4.39 Å². The van der Waals surface area contributed by atoms with Gasteiger partial charge in [0.15, 0.2) is 0 Å². The van der Waals surface area contributed by atoms with Gasteiger partial charge in [0, 0.05) is 0 Å². The Balaban J connectivity index is 2.55. The van der Waals surface area contributed by atoms with Gasteiger partial charge in [-0.25, -0.2) is 4.39 Å². The Morgan fingerprint density at radius 3 is 2.76 bits per heavy atom. The van der Waals surface area contributed by atoms with Crippen LogP contribution >= 0.6 is 0 Å². The van der Waals surface area contributed by atoms with Crippen molar-refractivity contribution in [3.8, 4) is 0 Å². The molecule has 1 aromatic carbocycles. The predicted octanol–water partition coefficient (Wildman–Crippen LogP) is 2.00. The summed E-state index contributed by atoms with van der Waals surface area (Å²) in [6, 6.07) is 4.48. The van der Waals surface area contributed by atoms with E-state index in [0.29, 0.717) is 24.0 Å². The Morgan fingerprint density at radius 2 is 2.24 bits per heavy atom. The second-order valence-corrected chi connectivity index (χ2v) is 4.70. The molecule has 0 bridgehead atoms. The Labute approximate surface area is 98.9 Å². The Morgan fingerprint density at radius 1 is 1.53 bits per heavy atom. The summed E-state index contributed by atoms with van der Waals surface area (Å²) in [6.07, 6.45) is 0.344. The van der Waals surface area contributed by atoms with Crippen LogP contribution in [0.2, 0.25) is 0 Å². The van der Waals surface area contributed by atoms with Crippen LogP contribution in [0.15, 0.2) is 18.2 Å². The number of rotatable bonds is 2. The van der Waals surface area contributed by atoms with E-state index in [-0.39, 0.29) is 6.42 Å². The number of aliphatic hydroxyl groups is 1. The quantitative estimate of drug-likeness (QED) is 0.828. The number of carbonyl (C=O) groups is 1. The Kier molecular flexibility index (Phi) is 2.91. The largest absolute Gasteiger partial charge is 0.481 e. The standard InChI is InChI=1S/C13H15FO3/c1-8-10(3-2-4-11(8)14)13(12(16)17)6-5-9(15)7-13/h2-4,9,15H,5-7H2,1H3,(H,16,17). The van der Waals surface area contributed by atoms with E-state index < -0.39 is 23.3 Å². The summed E-state index contributed by atoms with van der Waals surface area (Å²) >= 11 is 0. The van der Waals surface area contributed by atoms with Crippen molar-refractivity contribution in [2.45, 2.75) is 37.7 Å². The molecular weight excluding hydrogens is 223 g/mol. The minimum Gasteiger partial charge on any atom is -0.481 e. The molecule has 1 fully saturated rings. The van der Waals surface area contributed by atoms with Gasteiger partial charge >= 0.3 is 5.97 Å². The van der Waals surface area contributed by atoms with E-state index in [1.165, 1.54) is 12.1 Å². The SMILES string of the molecule is Cc1c(F)cccc1C1(C(=O)O)CCC(O)C1. The number of carboxylic acid groups (broad SMARTS) is 1. The van der Waals surface area contributed by atoms with Crippen LogP contribution in [0.5, 0.6) is 0 Å². The molecule has 0 amide bonds. The molecule has 0 saturated heterocycles. The highest BCUT2D eigenvalue weighted by atomic mass is 19.1. The Hall–Kier alpha value is -1.42. The van der Waals surface area contributed by atoms with Crippen LogP contribution in [-0.4, -0.2) is 22.3 Å². The maximum Gasteiger partial charge on any atom is 0.314 e. The molecule has 1 aliphatic carbocycles. The summed E-state index contributed by atoms with van der Waals surface area (Å²) in [5.41, 5.74) is -0.281. The summed E-state index contributed by atoms with van der Waals surface area (Å²) < 4.78 is 13.5. The zero-order valence-corrected chi connectivity index (χ0v) is 9.61. The molecule has 17 heavy (non-hydrogen) atoms. The molecule has 2 unspecified atom stereocenters. The van der Waals surface area contributed by atoms with E-state index >= 15 is 0 Å². The number of aliphatic carboxylic acids is 1. The van der Waals surface area contributed by atoms with Gasteiger partial charge in [-0.1, -0.05) is 12.1 Å². The average Bonchev–Trinajstić information content (AvgIpc) is 2.66. The summed E-state index contributed by atoms with van der Waals surface area (Å²) in [6.45, 7) is 1.58. The molecular formula is C13H15FO3. The van der Waals surface area contributed by atoms with E-state index in [9.17, 15) is 19.4 Å². The minimum atomic E-state index is -1.13. The second kappa shape index (κ2) is 4.11. The maximum absolute atomic E-state index is 13.5. The molecule has 1 aromatic rings. The average molecular weight is 238 g/mol. The maximum atomic E-state index is 13.5. The molecule has 1 aliphatic rings. The smallest absolute Gasteiger partial charge is 0.314 e. The lowest BCUT2D eigenvalue weighted by molar-refractivity contribution is -0.144. The monoisotopic (exact) mass is 238 g/mol. The molecule has 92 valence electrons. The van der Waals surface area contributed by atoms with E-state index in [4.69, 9.17) is 0 Å². The molecule has 0 heterocycles. The number of aliphatic hydroxyl groups excluding tert-OH is 1. The second-order valence-electron chi connectivity index (χ2n) is 4.70. The van der Waals surface area contributed by atoms with Crippen molar-refractivity contribution in [3.05, 3.63) is 35.1 Å². The molecule has 0 spiro atoms. The molecule has 1 saturated carbocycles. The molecule has 0 aromatic heterocycles. The third kappa shape index (κ3) is 1.82. The lowest BCUT2D eigenvalue weighted by atomic mass is 9.76. The van der Waals surface area contributed by atoms with Gasteiger partial charge in [0.25, 0.3) is 0 Å². The van der Waals surface area contributed by atoms with Crippen molar-refractivity contribution in [2.24, 2.45) is 0 Å². The summed E-state index contributed by atoms with van der Waals surface area (Å²) in [5.74, 6) is -1.38. The molecule has 0 aliphatic heterocycles. The lowest BCUT2D eigenvalue weighted by Crippen LogP contribution is -2.34. The highest BCUT2D eigenvalue weighted by Crippen LogP contribution is 2.43. The Bertz CT molecular complexity index is 458. The summed E-state index contributed by atoms with van der Waals surface area (Å²) in [5, 5.41) is 19.0. The molecule has 2 N–H and O–H groups in total. The van der Waals surface area contributed by atoms with E-state index in [0.717, 1.165) is 0 Å². The number of hydrogen-bond donors (Lipinski definition) is 2. The highest BCUT2D eigenvalue weighted by molar-refractivity contribution is 5.82. The fourth-order valence-corrected chi connectivity index (χ4v) is 2.70. The highest BCUT2D eigenvalue weighted by Gasteiger charge is 2.47. The van der Waals surface area contributed by atoms with Crippen molar-refractivity contribution in [2.75, 3.05) is 0 Å². The zero-order chi connectivity index (χ0) is 12.6. The first kappa shape index (κ1) is 12.0. The van der Waals surface area contributed by atoms with Gasteiger partial charge in [-0.15, -0.1) is 0 Å². The van der Waals surface area contributed by atoms with Crippen LogP contribution < -0.4 is 0 Å². The first-order chi connectivity index (χ1) is 7.97. The van der Waals surface area contributed by atoms with Crippen LogP contribution in [0, 0.1) is 12.7 Å². The van der Waals surface area contributed by atoms with Crippen LogP contribution in [0.1, 0.15) is 30.4 Å². The van der Waals surface area contributed by atoms with Crippen LogP contribution in [0.25, 0.3) is 0 Å². The normalized spacial score (nSPS) is 28.3. The van der Waals surface area contributed by atoms with Gasteiger partial charge in [-0.05, 0) is 43.4 Å². The molecule has 4 heteroatoms. The minimum absolute atomic E-state index is 0.159.